The molecule has 0 radical (unpaired) electrons. The number of aliphatic imine (C=N–C) groups is 1. The van der Waals surface area contributed by atoms with Crippen LogP contribution in [0.3, 0.4) is 0 Å². The summed E-state index contributed by atoms with van der Waals surface area (Å²) in [7, 11) is 0. The predicted molar refractivity (Wildman–Crippen MR) is 66.8 cm³/mol. The van der Waals surface area contributed by atoms with Crippen molar-refractivity contribution in [2.24, 2.45) is 16.6 Å². The Morgan fingerprint density at radius 1 is 1.38 bits per heavy atom. The molecule has 0 bridgehead atoms. The van der Waals surface area contributed by atoms with Crippen molar-refractivity contribution in [3.05, 3.63) is 24.0 Å². The van der Waals surface area contributed by atoms with Crippen LogP contribution in [0, 0.1) is 12.8 Å². The number of nitrogens with zero attached hydrogens (tertiary/aromatic N) is 2. The molecule has 0 aromatic carbocycles. The van der Waals surface area contributed by atoms with E-state index in [0.717, 1.165) is 17.2 Å². The van der Waals surface area contributed by atoms with Gasteiger partial charge in [0, 0.05) is 12.1 Å². The molecule has 1 aromatic heterocycles. The summed E-state index contributed by atoms with van der Waals surface area (Å²) in [4.78, 5) is 8.73. The molecule has 16 heavy (non-hydrogen) atoms. The van der Waals surface area contributed by atoms with Crippen molar-refractivity contribution >= 4 is 11.5 Å². The van der Waals surface area contributed by atoms with Crippen LogP contribution in [0.5, 0.6) is 0 Å². The molecule has 0 unspecified atom stereocenters. The SMILES string of the molecule is Cc1ncccc1N=C(N)C1CCCCC1. The summed E-state index contributed by atoms with van der Waals surface area (Å²) in [6, 6.07) is 3.87. The fraction of sp³-hybridized carbons (Fsp3) is 0.538. The fourth-order valence-corrected chi connectivity index (χ4v) is 2.22. The maximum absolute atomic E-state index is 6.07. The lowest BCUT2D eigenvalue weighted by atomic mass is 9.88. The van der Waals surface area contributed by atoms with Crippen LogP contribution in [0.4, 0.5) is 5.69 Å². The summed E-state index contributed by atoms with van der Waals surface area (Å²) in [6.45, 7) is 1.97. The average molecular weight is 217 g/mol. The zero-order valence-corrected chi connectivity index (χ0v) is 9.82. The van der Waals surface area contributed by atoms with Crippen LogP contribution in [0.1, 0.15) is 37.8 Å². The molecule has 2 rings (SSSR count). The molecule has 1 saturated carbocycles. The highest BCUT2D eigenvalue weighted by Gasteiger charge is 2.17. The molecule has 0 aliphatic heterocycles. The van der Waals surface area contributed by atoms with E-state index >= 15 is 0 Å². The Balaban J connectivity index is 2.13. The smallest absolute Gasteiger partial charge is 0.103 e. The minimum atomic E-state index is 0.480. The number of nitrogens with two attached hydrogens (primary N) is 1. The lowest BCUT2D eigenvalue weighted by molar-refractivity contribution is 0.437. The Morgan fingerprint density at radius 2 is 2.12 bits per heavy atom. The highest BCUT2D eigenvalue weighted by molar-refractivity contribution is 5.85. The molecular formula is C13H19N3. The van der Waals surface area contributed by atoms with Gasteiger partial charge in [-0.15, -0.1) is 0 Å². The van der Waals surface area contributed by atoms with E-state index in [4.69, 9.17) is 5.73 Å². The lowest BCUT2D eigenvalue weighted by Gasteiger charge is -2.20. The van der Waals surface area contributed by atoms with Crippen molar-refractivity contribution in [1.29, 1.82) is 0 Å². The molecule has 3 nitrogen and oxygen atoms in total. The number of hydrogen-bond donors (Lipinski definition) is 1. The van der Waals surface area contributed by atoms with Gasteiger partial charge >= 0.3 is 0 Å². The van der Waals surface area contributed by atoms with E-state index in [9.17, 15) is 0 Å². The zero-order chi connectivity index (χ0) is 11.4. The molecule has 0 saturated heterocycles. The Kier molecular flexibility index (Phi) is 3.54. The topological polar surface area (TPSA) is 51.3 Å². The number of pyridine rings is 1. The van der Waals surface area contributed by atoms with Gasteiger partial charge in [-0.2, -0.15) is 0 Å². The first-order valence-electron chi connectivity index (χ1n) is 6.03. The van der Waals surface area contributed by atoms with Crippen LogP contribution < -0.4 is 5.73 Å². The third kappa shape index (κ3) is 2.60. The second-order valence-corrected chi connectivity index (χ2v) is 4.48. The monoisotopic (exact) mass is 217 g/mol. The molecule has 86 valence electrons. The van der Waals surface area contributed by atoms with Crippen molar-refractivity contribution in [2.75, 3.05) is 0 Å². The first-order chi connectivity index (χ1) is 7.77. The Labute approximate surface area is 96.8 Å². The molecule has 1 heterocycles. The zero-order valence-electron chi connectivity index (χ0n) is 9.82. The summed E-state index contributed by atoms with van der Waals surface area (Å²) in [6.07, 6.45) is 8.07. The first kappa shape index (κ1) is 11.1. The summed E-state index contributed by atoms with van der Waals surface area (Å²) in [5.41, 5.74) is 7.93. The number of hydrogen-bond acceptors (Lipinski definition) is 2. The minimum Gasteiger partial charge on any atom is -0.387 e. The van der Waals surface area contributed by atoms with Gasteiger partial charge in [-0.05, 0) is 31.9 Å². The molecule has 0 atom stereocenters. The van der Waals surface area contributed by atoms with Gasteiger partial charge in [-0.25, -0.2) is 4.99 Å². The number of amidine groups is 1. The quantitative estimate of drug-likeness (QED) is 0.611. The van der Waals surface area contributed by atoms with E-state index in [2.05, 4.69) is 9.98 Å². The highest BCUT2D eigenvalue weighted by Crippen LogP contribution is 2.25. The summed E-state index contributed by atoms with van der Waals surface area (Å²) < 4.78 is 0. The number of aryl methyl sites for hydroxylation is 1. The molecule has 3 heteroatoms. The van der Waals surface area contributed by atoms with Crippen molar-refractivity contribution in [3.8, 4) is 0 Å². The fourth-order valence-electron chi connectivity index (χ4n) is 2.22. The first-order valence-corrected chi connectivity index (χ1v) is 6.03. The molecular weight excluding hydrogens is 198 g/mol. The van der Waals surface area contributed by atoms with Gasteiger partial charge in [0.2, 0.25) is 0 Å². The van der Waals surface area contributed by atoms with Crippen molar-refractivity contribution in [1.82, 2.24) is 4.98 Å². The van der Waals surface area contributed by atoms with Crippen LogP contribution >= 0.6 is 0 Å². The summed E-state index contributed by atoms with van der Waals surface area (Å²) in [5.74, 6) is 1.27. The number of aromatic nitrogens is 1. The van der Waals surface area contributed by atoms with Crippen molar-refractivity contribution < 1.29 is 0 Å². The van der Waals surface area contributed by atoms with E-state index in [1.165, 1.54) is 32.1 Å². The number of rotatable bonds is 2. The van der Waals surface area contributed by atoms with Crippen LogP contribution in [-0.4, -0.2) is 10.8 Å². The van der Waals surface area contributed by atoms with E-state index < -0.39 is 0 Å². The van der Waals surface area contributed by atoms with Gasteiger partial charge < -0.3 is 5.73 Å². The van der Waals surface area contributed by atoms with Gasteiger partial charge in [-0.1, -0.05) is 19.3 Å². The Bertz CT molecular complexity index is 379. The van der Waals surface area contributed by atoms with Crippen LogP contribution in [0.25, 0.3) is 0 Å². The van der Waals surface area contributed by atoms with E-state index in [-0.39, 0.29) is 0 Å². The van der Waals surface area contributed by atoms with Crippen LogP contribution in [0.2, 0.25) is 0 Å². The van der Waals surface area contributed by atoms with Gasteiger partial charge in [0.25, 0.3) is 0 Å². The third-order valence-corrected chi connectivity index (χ3v) is 3.25. The summed E-state index contributed by atoms with van der Waals surface area (Å²) in [5, 5.41) is 0. The lowest BCUT2D eigenvalue weighted by Crippen LogP contribution is -2.25. The van der Waals surface area contributed by atoms with Gasteiger partial charge in [-0.3, -0.25) is 4.98 Å². The van der Waals surface area contributed by atoms with E-state index in [1.54, 1.807) is 6.20 Å². The normalized spacial score (nSPS) is 18.7. The summed E-state index contributed by atoms with van der Waals surface area (Å²) >= 11 is 0. The maximum Gasteiger partial charge on any atom is 0.103 e. The van der Waals surface area contributed by atoms with Crippen LogP contribution in [0.15, 0.2) is 23.3 Å². The minimum absolute atomic E-state index is 0.480. The van der Waals surface area contributed by atoms with Gasteiger partial charge in [0.1, 0.15) is 5.84 Å². The highest BCUT2D eigenvalue weighted by atomic mass is 14.9. The predicted octanol–water partition coefficient (Wildman–Crippen LogP) is 2.96. The van der Waals surface area contributed by atoms with Crippen molar-refractivity contribution in [3.63, 3.8) is 0 Å². The second-order valence-electron chi connectivity index (χ2n) is 4.48. The largest absolute Gasteiger partial charge is 0.387 e. The molecule has 2 N–H and O–H groups in total. The van der Waals surface area contributed by atoms with Gasteiger partial charge in [0.05, 0.1) is 11.4 Å². The second kappa shape index (κ2) is 5.10. The standard InChI is InChI=1S/C13H19N3/c1-10-12(8-5-9-15-10)16-13(14)11-6-3-2-4-7-11/h5,8-9,11H,2-4,6-7H2,1H3,(H2,14,16). The van der Waals surface area contributed by atoms with E-state index in [1.807, 2.05) is 19.1 Å². The van der Waals surface area contributed by atoms with Crippen molar-refractivity contribution in [2.45, 2.75) is 39.0 Å². The molecule has 0 amide bonds. The molecule has 1 aliphatic carbocycles. The molecule has 1 fully saturated rings. The maximum atomic E-state index is 6.07. The van der Waals surface area contributed by atoms with Gasteiger partial charge in [0.15, 0.2) is 0 Å². The average Bonchev–Trinajstić information content (AvgIpc) is 2.33. The molecule has 1 aromatic rings. The van der Waals surface area contributed by atoms with E-state index in [0.29, 0.717) is 5.92 Å². The molecule has 0 spiro atoms. The third-order valence-electron chi connectivity index (χ3n) is 3.25. The Morgan fingerprint density at radius 3 is 2.81 bits per heavy atom. The van der Waals surface area contributed by atoms with Crippen LogP contribution in [-0.2, 0) is 0 Å². The molecule has 1 aliphatic rings. The Hall–Kier alpha value is -1.38.